The zero-order chi connectivity index (χ0) is 12.5. The molecule has 0 aliphatic rings. The molecule has 0 saturated carbocycles. The number of hydrogen-bond acceptors (Lipinski definition) is 5. The van der Waals surface area contributed by atoms with Crippen molar-refractivity contribution < 1.29 is 8.42 Å². The summed E-state index contributed by atoms with van der Waals surface area (Å²) in [6.07, 6.45) is 2.97. The fourth-order valence-corrected chi connectivity index (χ4v) is 3.42. The van der Waals surface area contributed by atoms with Crippen LogP contribution in [0.15, 0.2) is 16.6 Å². The third-order valence-corrected chi connectivity index (χ3v) is 5.03. The minimum absolute atomic E-state index is 0.224. The molecule has 0 unspecified atom stereocenters. The predicted molar refractivity (Wildman–Crippen MR) is 64.2 cm³/mol. The van der Waals surface area contributed by atoms with Crippen molar-refractivity contribution in [2.24, 2.45) is 0 Å². The van der Waals surface area contributed by atoms with Crippen molar-refractivity contribution in [2.75, 3.05) is 0 Å². The lowest BCUT2D eigenvalue weighted by Crippen LogP contribution is -2.22. The van der Waals surface area contributed by atoms with E-state index in [4.69, 9.17) is 0 Å². The van der Waals surface area contributed by atoms with Gasteiger partial charge in [0.2, 0.25) is 0 Å². The first kappa shape index (κ1) is 12.2. The molecule has 0 amide bonds. The second-order valence-corrected chi connectivity index (χ2v) is 6.77. The molecule has 0 radical (unpaired) electrons. The van der Waals surface area contributed by atoms with Gasteiger partial charge in [0.25, 0.3) is 10.0 Å². The Labute approximate surface area is 103 Å². The van der Waals surface area contributed by atoms with Crippen LogP contribution in [0.5, 0.6) is 0 Å². The lowest BCUT2D eigenvalue weighted by Gasteiger charge is -2.02. The molecule has 6 nitrogen and oxygen atoms in total. The Bertz CT molecular complexity index is 614. The summed E-state index contributed by atoms with van der Waals surface area (Å²) in [5.74, 6) is 0. The van der Waals surface area contributed by atoms with E-state index in [-0.39, 0.29) is 10.8 Å². The van der Waals surface area contributed by atoms with Gasteiger partial charge in [-0.2, -0.15) is 5.10 Å². The van der Waals surface area contributed by atoms with Crippen molar-refractivity contribution in [3.63, 3.8) is 0 Å². The van der Waals surface area contributed by atoms with Gasteiger partial charge in [0.15, 0.2) is 4.21 Å². The van der Waals surface area contributed by atoms with E-state index in [2.05, 4.69) is 19.9 Å². The number of nitrogens with one attached hydrogen (secondary N) is 2. The summed E-state index contributed by atoms with van der Waals surface area (Å²) in [4.78, 5) is 3.93. The van der Waals surface area contributed by atoms with Crippen molar-refractivity contribution >= 4 is 21.4 Å². The van der Waals surface area contributed by atoms with Crippen LogP contribution in [0.25, 0.3) is 0 Å². The van der Waals surface area contributed by atoms with Crippen LogP contribution >= 0.6 is 11.3 Å². The molecule has 2 heterocycles. The number of rotatable bonds is 4. The van der Waals surface area contributed by atoms with E-state index in [1.165, 1.54) is 6.20 Å². The van der Waals surface area contributed by atoms with Crippen LogP contribution in [0.2, 0.25) is 0 Å². The molecule has 0 saturated heterocycles. The molecule has 0 atom stereocenters. The Morgan fingerprint density at radius 3 is 2.71 bits per heavy atom. The lowest BCUT2D eigenvalue weighted by atomic mass is 10.3. The summed E-state index contributed by atoms with van der Waals surface area (Å²) in [7, 11) is -3.47. The second kappa shape index (κ2) is 4.55. The molecular weight excluding hydrogens is 260 g/mol. The van der Waals surface area contributed by atoms with Crippen molar-refractivity contribution in [1.29, 1.82) is 0 Å². The van der Waals surface area contributed by atoms with Gasteiger partial charge in [0, 0.05) is 17.8 Å². The zero-order valence-electron chi connectivity index (χ0n) is 9.39. The Morgan fingerprint density at radius 2 is 2.18 bits per heavy atom. The lowest BCUT2D eigenvalue weighted by molar-refractivity contribution is 0.583. The summed E-state index contributed by atoms with van der Waals surface area (Å²) in [6, 6.07) is 0. The van der Waals surface area contributed by atoms with Crippen LogP contribution in [0.3, 0.4) is 0 Å². The summed E-state index contributed by atoms with van der Waals surface area (Å²) in [6.45, 7) is 3.83. The summed E-state index contributed by atoms with van der Waals surface area (Å²) in [5.41, 5.74) is 1.68. The van der Waals surface area contributed by atoms with Crippen LogP contribution < -0.4 is 4.72 Å². The summed E-state index contributed by atoms with van der Waals surface area (Å²) < 4.78 is 26.5. The number of thiazole rings is 1. The quantitative estimate of drug-likeness (QED) is 0.867. The van der Waals surface area contributed by atoms with Gasteiger partial charge in [-0.25, -0.2) is 18.1 Å². The minimum atomic E-state index is -3.47. The normalized spacial score (nSPS) is 11.9. The Balaban J connectivity index is 2.11. The highest BCUT2D eigenvalue weighted by Gasteiger charge is 2.17. The van der Waals surface area contributed by atoms with Crippen molar-refractivity contribution in [1.82, 2.24) is 19.9 Å². The maximum atomic E-state index is 11.9. The number of aryl methyl sites for hydroxylation is 2. The standard InChI is InChI=1S/C9H12N4O2S2/c1-6-8(3-11-13-6)4-12-17(14,15)9-5-10-7(2)16-9/h3,5,12H,4H2,1-2H3,(H,11,13). The van der Waals surface area contributed by atoms with E-state index in [0.717, 1.165) is 27.6 Å². The molecule has 0 bridgehead atoms. The molecule has 17 heavy (non-hydrogen) atoms. The van der Waals surface area contributed by atoms with Crippen LogP contribution in [0.1, 0.15) is 16.3 Å². The van der Waals surface area contributed by atoms with Crippen LogP contribution in [0, 0.1) is 13.8 Å². The van der Waals surface area contributed by atoms with E-state index in [9.17, 15) is 8.42 Å². The van der Waals surface area contributed by atoms with Gasteiger partial charge in [-0.15, -0.1) is 11.3 Å². The third-order valence-electron chi connectivity index (χ3n) is 2.25. The predicted octanol–water partition coefficient (Wildman–Crippen LogP) is 0.962. The Morgan fingerprint density at radius 1 is 1.41 bits per heavy atom. The van der Waals surface area contributed by atoms with Gasteiger partial charge >= 0.3 is 0 Å². The summed E-state index contributed by atoms with van der Waals surface area (Å²) >= 11 is 1.15. The highest BCUT2D eigenvalue weighted by atomic mass is 32.2. The highest BCUT2D eigenvalue weighted by Crippen LogP contribution is 2.17. The number of aromatic amines is 1. The largest absolute Gasteiger partial charge is 0.283 e. The monoisotopic (exact) mass is 272 g/mol. The second-order valence-electron chi connectivity index (χ2n) is 3.54. The maximum Gasteiger partial charge on any atom is 0.251 e. The molecule has 8 heteroatoms. The molecule has 2 aromatic rings. The third kappa shape index (κ3) is 2.71. The first-order chi connectivity index (χ1) is 7.99. The number of sulfonamides is 1. The molecule has 2 N–H and O–H groups in total. The number of H-pyrrole nitrogens is 1. The Kier molecular flexibility index (Phi) is 3.27. The van der Waals surface area contributed by atoms with Gasteiger partial charge in [-0.3, -0.25) is 5.10 Å². The zero-order valence-corrected chi connectivity index (χ0v) is 11.0. The molecule has 2 rings (SSSR count). The first-order valence-corrected chi connectivity index (χ1v) is 7.20. The van der Waals surface area contributed by atoms with Gasteiger partial charge in [-0.05, 0) is 13.8 Å². The van der Waals surface area contributed by atoms with Crippen LogP contribution in [0.4, 0.5) is 0 Å². The number of aromatic nitrogens is 3. The fraction of sp³-hybridized carbons (Fsp3) is 0.333. The van der Waals surface area contributed by atoms with Gasteiger partial charge in [0.1, 0.15) is 0 Å². The molecule has 2 aromatic heterocycles. The van der Waals surface area contributed by atoms with Crippen LogP contribution in [-0.4, -0.2) is 23.6 Å². The molecular formula is C9H12N4O2S2. The first-order valence-electron chi connectivity index (χ1n) is 4.90. The molecule has 0 aliphatic carbocycles. The summed E-state index contributed by atoms with van der Waals surface area (Å²) in [5, 5.41) is 7.31. The van der Waals surface area contributed by atoms with E-state index in [1.54, 1.807) is 13.1 Å². The number of nitrogens with zero attached hydrogens (tertiary/aromatic N) is 2. The molecule has 0 aromatic carbocycles. The fourth-order valence-electron chi connectivity index (χ4n) is 1.26. The van der Waals surface area contributed by atoms with E-state index in [1.807, 2.05) is 6.92 Å². The van der Waals surface area contributed by atoms with Gasteiger partial charge in [0.05, 0.1) is 17.4 Å². The Hall–Kier alpha value is -1.25. The average Bonchev–Trinajstić information content (AvgIpc) is 2.85. The van der Waals surface area contributed by atoms with Crippen molar-refractivity contribution in [3.8, 4) is 0 Å². The minimum Gasteiger partial charge on any atom is -0.283 e. The highest BCUT2D eigenvalue weighted by molar-refractivity contribution is 7.91. The van der Waals surface area contributed by atoms with Crippen molar-refractivity contribution in [3.05, 3.63) is 28.7 Å². The molecule has 92 valence electrons. The average molecular weight is 272 g/mol. The van der Waals surface area contributed by atoms with E-state index < -0.39 is 10.0 Å². The molecule has 0 aliphatic heterocycles. The van der Waals surface area contributed by atoms with Crippen molar-refractivity contribution in [2.45, 2.75) is 24.6 Å². The number of hydrogen-bond donors (Lipinski definition) is 2. The maximum absolute atomic E-state index is 11.9. The molecule has 0 fully saturated rings. The SMILES string of the molecule is Cc1ncc(S(=O)(=O)NCc2cn[nH]c2C)s1. The van der Waals surface area contributed by atoms with E-state index >= 15 is 0 Å². The molecule has 0 spiro atoms. The smallest absolute Gasteiger partial charge is 0.251 e. The van der Waals surface area contributed by atoms with Crippen LogP contribution in [-0.2, 0) is 16.6 Å². The van der Waals surface area contributed by atoms with Gasteiger partial charge < -0.3 is 0 Å². The topological polar surface area (TPSA) is 87.7 Å². The van der Waals surface area contributed by atoms with Gasteiger partial charge in [-0.1, -0.05) is 0 Å². The van der Waals surface area contributed by atoms with E-state index in [0.29, 0.717) is 0 Å².